The average molecular weight is 857 g/mol. The molecule has 0 aliphatic carbocycles. The molecule has 0 fully saturated rings. The Morgan fingerprint density at radius 2 is 1.25 bits per heavy atom. The van der Waals surface area contributed by atoms with E-state index in [0.29, 0.717) is 17.2 Å². The molecule has 320 valence electrons. The molecule has 0 spiro atoms. The number of carboxylic acid groups (broad SMARTS) is 1. The number of hydrogen-bond acceptors (Lipinski definition) is 13. The lowest BCUT2D eigenvalue weighted by Gasteiger charge is -2.17. The Kier molecular flexibility index (Phi) is 13.4. The van der Waals surface area contributed by atoms with Crippen LogP contribution in [0.5, 0.6) is 34.5 Å². The molecule has 1 atom stereocenters. The van der Waals surface area contributed by atoms with E-state index in [2.05, 4.69) is 26.6 Å². The highest BCUT2D eigenvalue weighted by atomic mass is 16.7. The smallest absolute Gasteiger partial charge is 0.339 e. The van der Waals surface area contributed by atoms with Gasteiger partial charge in [-0.1, -0.05) is 6.07 Å². The van der Waals surface area contributed by atoms with Crippen LogP contribution < -0.4 is 45.5 Å². The van der Waals surface area contributed by atoms with Gasteiger partial charge in [-0.05, 0) is 96.6 Å². The number of hydrogen-bond donors (Lipinski definition) is 8. The summed E-state index contributed by atoms with van der Waals surface area (Å²) in [6.45, 7) is 0.132. The Bertz CT molecular complexity index is 2690. The van der Waals surface area contributed by atoms with Crippen molar-refractivity contribution in [3.8, 4) is 40.6 Å². The Morgan fingerprint density at radius 3 is 1.86 bits per heavy atom. The van der Waals surface area contributed by atoms with Crippen molar-refractivity contribution in [3.05, 3.63) is 125 Å². The van der Waals surface area contributed by atoms with Crippen LogP contribution in [0.3, 0.4) is 0 Å². The number of rotatable bonds is 15. The number of ether oxygens (including phenoxy) is 4. The number of carbonyl (C=O) groups excluding carboxylic acids is 5. The van der Waals surface area contributed by atoms with E-state index in [1.165, 1.54) is 79.9 Å². The molecule has 5 aromatic rings. The highest BCUT2D eigenvalue weighted by Crippen LogP contribution is 2.41. The fourth-order valence-corrected chi connectivity index (χ4v) is 6.05. The molecule has 1 unspecified atom stereocenters. The number of nitrogens with one attached hydrogen (secondary N) is 5. The van der Waals surface area contributed by atoms with Crippen molar-refractivity contribution < 1.29 is 63.0 Å². The summed E-state index contributed by atoms with van der Waals surface area (Å²) in [5.41, 5.74) is 0.744. The first-order valence-electron chi connectivity index (χ1n) is 18.5. The molecule has 0 bridgehead atoms. The number of nitriles is 1. The largest absolute Gasteiger partial charge is 0.504 e. The van der Waals surface area contributed by atoms with Gasteiger partial charge in [-0.2, -0.15) is 5.26 Å². The number of phenols is 2. The van der Waals surface area contributed by atoms with Crippen LogP contribution in [0, 0.1) is 11.3 Å². The summed E-state index contributed by atoms with van der Waals surface area (Å²) in [4.78, 5) is 76.4. The van der Waals surface area contributed by atoms with Crippen LogP contribution in [-0.2, 0) is 9.59 Å². The van der Waals surface area contributed by atoms with Gasteiger partial charge in [0.05, 0.1) is 43.6 Å². The van der Waals surface area contributed by atoms with Crippen LogP contribution in [0.1, 0.15) is 53.4 Å². The zero-order chi connectivity index (χ0) is 45.2. The number of aromatic carboxylic acids is 1. The monoisotopic (exact) mass is 856 g/mol. The lowest BCUT2D eigenvalue weighted by molar-refractivity contribution is -0.118. The van der Waals surface area contributed by atoms with Crippen LogP contribution in [0.25, 0.3) is 6.08 Å². The molecule has 0 radical (unpaired) electrons. The molecule has 0 saturated carbocycles. The molecule has 63 heavy (non-hydrogen) atoms. The minimum Gasteiger partial charge on any atom is -0.504 e. The first-order valence-corrected chi connectivity index (χ1v) is 18.5. The molecule has 5 aromatic carbocycles. The highest BCUT2D eigenvalue weighted by molar-refractivity contribution is 6.10. The number of aromatic hydroxyl groups is 2. The normalized spacial score (nSPS) is 11.7. The number of amides is 5. The maximum Gasteiger partial charge on any atom is 0.339 e. The third kappa shape index (κ3) is 10.2. The first kappa shape index (κ1) is 43.5. The minimum atomic E-state index is -1.43. The molecule has 6 rings (SSSR count). The quantitative estimate of drug-likeness (QED) is 0.0617. The summed E-state index contributed by atoms with van der Waals surface area (Å²) in [6, 6.07) is 22.1. The van der Waals surface area contributed by atoms with Crippen LogP contribution in [0.2, 0.25) is 0 Å². The number of carboxylic acids is 1. The molecule has 0 saturated heterocycles. The number of phenolic OH excluding ortho intramolecular Hbond substituents is 1. The fraction of sp³-hybridized carbons (Fsp3) is 0.114. The SMILES string of the molecule is COc1c(NC(=O)c2ccc(NC(=O)c3ccc(NC(=O)C(CC#N)NC(=O)c4ccc(NC(=O)/C=C/c5ccc6c(c5)OCO6)cc4)cc3)c(OC)c2O)ccc(C(=O)O)c1O. The van der Waals surface area contributed by atoms with Crippen LogP contribution >= 0.6 is 0 Å². The van der Waals surface area contributed by atoms with E-state index in [0.717, 1.165) is 18.7 Å². The van der Waals surface area contributed by atoms with Crippen molar-refractivity contribution in [3.63, 3.8) is 0 Å². The molecule has 19 heteroatoms. The van der Waals surface area contributed by atoms with E-state index in [4.69, 9.17) is 18.9 Å². The standard InChI is InChI=1S/C44H36N6O13/c1-60-38-30(15-13-28(36(38)52)42(56)49-31-16-14-29(44(58)59)37(53)39(31)61-2)48-40(54)24-7-11-27(12-8-24)47-43(57)32(19-20-45)50-41(55)25-5-9-26(10-6-25)46-35(51)18-4-23-3-17-33-34(21-23)63-22-62-33/h3-18,21,32,52-53H,19,22H2,1-2H3,(H,46,51)(H,47,57)(H,48,54)(H,49,56)(H,50,55)(H,58,59)/b18-4+. The van der Waals surface area contributed by atoms with Gasteiger partial charge in [0.1, 0.15) is 11.6 Å². The number of carbonyl (C=O) groups is 6. The van der Waals surface area contributed by atoms with Crippen molar-refractivity contribution in [2.75, 3.05) is 42.3 Å². The van der Waals surface area contributed by atoms with E-state index >= 15 is 0 Å². The van der Waals surface area contributed by atoms with Gasteiger partial charge in [0.2, 0.25) is 18.6 Å². The van der Waals surface area contributed by atoms with Crippen LogP contribution in [0.4, 0.5) is 22.7 Å². The predicted molar refractivity (Wildman–Crippen MR) is 225 cm³/mol. The topological polar surface area (TPSA) is 284 Å². The molecule has 1 heterocycles. The summed E-state index contributed by atoms with van der Waals surface area (Å²) >= 11 is 0. The number of methoxy groups -OCH3 is 2. The van der Waals surface area contributed by atoms with Gasteiger partial charge >= 0.3 is 5.97 Å². The fourth-order valence-electron chi connectivity index (χ4n) is 6.05. The van der Waals surface area contributed by atoms with Crippen molar-refractivity contribution in [1.82, 2.24) is 5.32 Å². The molecular weight excluding hydrogens is 821 g/mol. The van der Waals surface area contributed by atoms with Crippen molar-refractivity contribution in [2.45, 2.75) is 12.5 Å². The Morgan fingerprint density at radius 1 is 0.698 bits per heavy atom. The molecule has 1 aliphatic rings. The average Bonchev–Trinajstić information content (AvgIpc) is 3.74. The maximum atomic E-state index is 13.2. The number of nitrogens with zero attached hydrogens (tertiary/aromatic N) is 1. The Labute approximate surface area is 357 Å². The van der Waals surface area contributed by atoms with Gasteiger partial charge in [0.15, 0.2) is 34.5 Å². The number of benzene rings is 5. The highest BCUT2D eigenvalue weighted by Gasteiger charge is 2.25. The summed E-state index contributed by atoms with van der Waals surface area (Å²) < 4.78 is 21.0. The summed E-state index contributed by atoms with van der Waals surface area (Å²) in [7, 11) is 2.35. The second-order valence-corrected chi connectivity index (χ2v) is 13.3. The van der Waals surface area contributed by atoms with Gasteiger partial charge < -0.3 is 60.9 Å². The lowest BCUT2D eigenvalue weighted by atomic mass is 10.1. The second kappa shape index (κ2) is 19.3. The zero-order valence-electron chi connectivity index (χ0n) is 33.2. The third-order valence-electron chi connectivity index (χ3n) is 9.21. The second-order valence-electron chi connectivity index (χ2n) is 13.3. The summed E-state index contributed by atoms with van der Waals surface area (Å²) in [5.74, 6) is -5.54. The van der Waals surface area contributed by atoms with Gasteiger partial charge in [0, 0.05) is 28.6 Å². The van der Waals surface area contributed by atoms with Gasteiger partial charge in [-0.15, -0.1) is 0 Å². The minimum absolute atomic E-state index is 0.0181. The van der Waals surface area contributed by atoms with E-state index in [1.807, 2.05) is 6.07 Å². The predicted octanol–water partition coefficient (Wildman–Crippen LogP) is 5.35. The van der Waals surface area contributed by atoms with Crippen molar-refractivity contribution >= 4 is 64.3 Å². The summed E-state index contributed by atoms with van der Waals surface area (Å²) in [6.07, 6.45) is 2.58. The Hall–Kier alpha value is -9.05. The molecule has 8 N–H and O–H groups in total. The molecule has 5 amide bonds. The van der Waals surface area contributed by atoms with E-state index < -0.39 is 58.6 Å². The summed E-state index contributed by atoms with van der Waals surface area (Å²) in [5, 5.41) is 52.7. The van der Waals surface area contributed by atoms with Gasteiger partial charge in [-0.25, -0.2) is 4.79 Å². The van der Waals surface area contributed by atoms with E-state index in [-0.39, 0.29) is 58.5 Å². The van der Waals surface area contributed by atoms with Crippen LogP contribution in [-0.4, -0.2) is 77.9 Å². The molecule has 19 nitrogen and oxygen atoms in total. The lowest BCUT2D eigenvalue weighted by Crippen LogP contribution is -2.43. The Balaban J connectivity index is 1.03. The number of fused-ring (bicyclic) bond motifs is 1. The van der Waals surface area contributed by atoms with Gasteiger partial charge in [-0.3, -0.25) is 24.0 Å². The number of anilines is 4. The van der Waals surface area contributed by atoms with E-state index in [9.17, 15) is 49.3 Å². The van der Waals surface area contributed by atoms with Crippen molar-refractivity contribution in [1.29, 1.82) is 5.26 Å². The molecular formula is C44H36N6O13. The third-order valence-corrected chi connectivity index (χ3v) is 9.21. The van der Waals surface area contributed by atoms with Crippen molar-refractivity contribution in [2.24, 2.45) is 0 Å². The maximum absolute atomic E-state index is 13.2. The first-order chi connectivity index (χ1) is 30.3. The molecule has 1 aliphatic heterocycles. The van der Waals surface area contributed by atoms with Gasteiger partial charge in [0.25, 0.3) is 17.7 Å². The van der Waals surface area contributed by atoms with E-state index in [1.54, 1.807) is 24.3 Å². The molecule has 0 aromatic heterocycles. The zero-order valence-corrected chi connectivity index (χ0v) is 33.2. The van der Waals surface area contributed by atoms with Crippen LogP contribution in [0.15, 0.2) is 97.1 Å².